The molecule has 398 valence electrons. The van der Waals surface area contributed by atoms with Crippen molar-refractivity contribution in [3.05, 3.63) is 296 Å². The molecule has 85 heavy (non-hydrogen) atoms. The molecule has 0 N–H and O–H groups in total. The van der Waals surface area contributed by atoms with Crippen LogP contribution in [-0.4, -0.2) is 13.7 Å². The molecular weight excluding hydrogens is 1030 g/mol. The summed E-state index contributed by atoms with van der Waals surface area (Å²) in [6.45, 7) is 4.69. The molecule has 0 unspecified atom stereocenters. The van der Waals surface area contributed by atoms with Crippen molar-refractivity contribution in [3.8, 4) is 72.7 Å². The molecule has 4 aromatic heterocycles. The number of aromatic nitrogens is 3. The number of para-hydroxylation sites is 4. The van der Waals surface area contributed by atoms with E-state index in [1.165, 1.54) is 115 Å². The van der Waals surface area contributed by atoms with E-state index in [0.29, 0.717) is 0 Å². The molecule has 0 saturated carbocycles. The average Bonchev–Trinajstić information content (AvgIpc) is 2.08. The first-order valence-corrected chi connectivity index (χ1v) is 29.5. The third kappa shape index (κ3) is 7.09. The molecule has 17 aromatic rings. The normalized spacial score (nSPS) is 12.9. The molecule has 0 amide bonds. The molecule has 1 aliphatic carbocycles. The Hall–Kier alpha value is -10.9. The van der Waals surface area contributed by atoms with Gasteiger partial charge in [0, 0.05) is 71.1 Å². The van der Waals surface area contributed by atoms with Gasteiger partial charge in [-0.05, 0) is 176 Å². The highest BCUT2D eigenvalue weighted by atomic mass is 16.3. The van der Waals surface area contributed by atoms with Crippen molar-refractivity contribution in [1.29, 1.82) is 0 Å². The van der Waals surface area contributed by atoms with Crippen LogP contribution in [0.4, 0.5) is 0 Å². The highest BCUT2D eigenvalue weighted by molar-refractivity contribution is 6.20. The Kier molecular flexibility index (Phi) is 10.1. The van der Waals surface area contributed by atoms with Crippen LogP contribution >= 0.6 is 0 Å². The van der Waals surface area contributed by atoms with E-state index in [1.54, 1.807) is 0 Å². The number of furan rings is 1. The maximum absolute atomic E-state index is 6.68. The van der Waals surface area contributed by atoms with Gasteiger partial charge < -0.3 is 18.1 Å². The largest absolute Gasteiger partial charge is 0.456 e. The Balaban J connectivity index is 0.846. The van der Waals surface area contributed by atoms with Gasteiger partial charge in [0.2, 0.25) is 0 Å². The molecule has 0 spiro atoms. The zero-order valence-electron chi connectivity index (χ0n) is 46.9. The lowest BCUT2D eigenvalue weighted by atomic mass is 9.81. The fraction of sp³-hybridized carbons (Fsp3) is 0.0370. The van der Waals surface area contributed by atoms with Gasteiger partial charge in [0.25, 0.3) is 0 Å². The predicted octanol–water partition coefficient (Wildman–Crippen LogP) is 21.9. The predicted molar refractivity (Wildman–Crippen MR) is 356 cm³/mol. The second kappa shape index (κ2) is 18.0. The lowest BCUT2D eigenvalue weighted by Crippen LogP contribution is -2.15. The van der Waals surface area contributed by atoms with E-state index in [9.17, 15) is 0 Å². The van der Waals surface area contributed by atoms with Crippen LogP contribution in [0.15, 0.2) is 290 Å². The quantitative estimate of drug-likeness (QED) is 0.156. The van der Waals surface area contributed by atoms with Crippen LogP contribution in [0.1, 0.15) is 25.0 Å². The fourth-order valence-electron chi connectivity index (χ4n) is 14.6. The summed E-state index contributed by atoms with van der Waals surface area (Å²) in [5.41, 5.74) is 26.6. The lowest BCUT2D eigenvalue weighted by Gasteiger charge is -2.21. The van der Waals surface area contributed by atoms with Gasteiger partial charge >= 0.3 is 0 Å². The first-order chi connectivity index (χ1) is 41.9. The van der Waals surface area contributed by atoms with Gasteiger partial charge in [-0.1, -0.05) is 184 Å². The van der Waals surface area contributed by atoms with E-state index in [0.717, 1.165) is 55.8 Å². The Morgan fingerprint density at radius 2 is 0.694 bits per heavy atom. The molecule has 0 fully saturated rings. The van der Waals surface area contributed by atoms with Crippen LogP contribution in [0.5, 0.6) is 0 Å². The smallest absolute Gasteiger partial charge is 0.140 e. The molecule has 4 heterocycles. The number of rotatable bonds is 7. The maximum Gasteiger partial charge on any atom is 0.140 e. The Morgan fingerprint density at radius 1 is 0.259 bits per heavy atom. The average molecular weight is 1080 g/mol. The first kappa shape index (κ1) is 47.7. The third-order valence-electron chi connectivity index (χ3n) is 18.6. The number of benzene rings is 13. The zero-order valence-corrected chi connectivity index (χ0v) is 46.9. The lowest BCUT2D eigenvalue weighted by molar-refractivity contribution is 0.620. The van der Waals surface area contributed by atoms with Crippen molar-refractivity contribution in [3.63, 3.8) is 0 Å². The molecule has 4 heteroatoms. The summed E-state index contributed by atoms with van der Waals surface area (Å²) in [6, 6.07) is 105. The molecular formula is C81H53N3O. The SMILES string of the molecule is CC1(C)c2ccc(-c3ccc4c(c3)c3cc(-c5ccc6c(c5)c5cc7c(cc5n6-c5cc(-c6ccccc6)cc(-c6ccccc6)c5)c5ccccc5n7-c5ccccc5)ccc3n4-c3ccccc3)cc2-c2ccc3c(oc4ccccc43)c21. The van der Waals surface area contributed by atoms with Crippen LogP contribution in [0, 0.1) is 0 Å². The van der Waals surface area contributed by atoms with Gasteiger partial charge in [-0.3, -0.25) is 0 Å². The van der Waals surface area contributed by atoms with Gasteiger partial charge in [-0.2, -0.15) is 0 Å². The second-order valence-electron chi connectivity index (χ2n) is 23.6. The Bertz CT molecular complexity index is 5540. The van der Waals surface area contributed by atoms with E-state index >= 15 is 0 Å². The number of fused-ring (bicyclic) bond motifs is 16. The van der Waals surface area contributed by atoms with Crippen molar-refractivity contribution in [1.82, 2.24) is 13.7 Å². The summed E-state index contributed by atoms with van der Waals surface area (Å²) in [7, 11) is 0. The van der Waals surface area contributed by atoms with Crippen LogP contribution in [-0.2, 0) is 5.41 Å². The summed E-state index contributed by atoms with van der Waals surface area (Å²) >= 11 is 0. The van der Waals surface area contributed by atoms with Crippen molar-refractivity contribution >= 4 is 87.4 Å². The first-order valence-electron chi connectivity index (χ1n) is 29.5. The van der Waals surface area contributed by atoms with Crippen LogP contribution in [0.3, 0.4) is 0 Å². The number of hydrogen-bond acceptors (Lipinski definition) is 1. The Labute approximate surface area is 490 Å². The topological polar surface area (TPSA) is 27.9 Å². The minimum absolute atomic E-state index is 0.230. The van der Waals surface area contributed by atoms with Crippen molar-refractivity contribution in [2.45, 2.75) is 19.3 Å². The summed E-state index contributed by atoms with van der Waals surface area (Å²) in [6.07, 6.45) is 0. The maximum atomic E-state index is 6.68. The minimum Gasteiger partial charge on any atom is -0.456 e. The Morgan fingerprint density at radius 3 is 1.27 bits per heavy atom. The zero-order chi connectivity index (χ0) is 56.1. The molecule has 0 atom stereocenters. The van der Waals surface area contributed by atoms with E-state index in [4.69, 9.17) is 4.42 Å². The fourth-order valence-corrected chi connectivity index (χ4v) is 14.6. The highest BCUT2D eigenvalue weighted by Crippen LogP contribution is 2.54. The molecule has 13 aromatic carbocycles. The van der Waals surface area contributed by atoms with Gasteiger partial charge in [-0.15, -0.1) is 0 Å². The molecule has 18 rings (SSSR count). The molecule has 0 aliphatic heterocycles. The highest BCUT2D eigenvalue weighted by Gasteiger charge is 2.39. The minimum atomic E-state index is -0.230. The molecule has 4 nitrogen and oxygen atoms in total. The molecule has 0 saturated heterocycles. The van der Waals surface area contributed by atoms with E-state index in [-0.39, 0.29) is 5.41 Å². The number of hydrogen-bond donors (Lipinski definition) is 0. The monoisotopic (exact) mass is 1080 g/mol. The van der Waals surface area contributed by atoms with Crippen molar-refractivity contribution < 1.29 is 4.42 Å². The summed E-state index contributed by atoms with van der Waals surface area (Å²) in [5.74, 6) is 0. The van der Waals surface area contributed by atoms with E-state index in [2.05, 4.69) is 313 Å². The van der Waals surface area contributed by atoms with Crippen LogP contribution in [0.25, 0.3) is 160 Å². The van der Waals surface area contributed by atoms with Gasteiger partial charge in [0.15, 0.2) is 0 Å². The van der Waals surface area contributed by atoms with Crippen LogP contribution < -0.4 is 0 Å². The van der Waals surface area contributed by atoms with Crippen molar-refractivity contribution in [2.24, 2.45) is 0 Å². The number of nitrogens with zero attached hydrogens (tertiary/aromatic N) is 3. The second-order valence-corrected chi connectivity index (χ2v) is 23.6. The van der Waals surface area contributed by atoms with E-state index < -0.39 is 0 Å². The molecule has 1 aliphatic rings. The van der Waals surface area contributed by atoms with Crippen LogP contribution in [0.2, 0.25) is 0 Å². The van der Waals surface area contributed by atoms with Gasteiger partial charge in [0.1, 0.15) is 11.2 Å². The summed E-state index contributed by atoms with van der Waals surface area (Å²) in [5, 5.41) is 9.60. The molecule has 0 radical (unpaired) electrons. The standard InChI is InChI=1S/C81H53N3O/c1-81(2)71-37-31-52(44-65(71)63-35-36-64-62-28-16-18-30-78(62)85-80(64)79(63)81)53-32-38-73-66(45-53)67-46-54(33-39-74(67)82(73)58-23-11-5-12-24-58)55-34-40-75-68(47-55)70-49-76-69(61-27-15-17-29-72(61)83(76)59-25-13-6-14-26-59)48-77(70)84(75)60-42-56(50-19-7-3-8-20-50)41-57(43-60)51-21-9-4-10-22-51/h3-49H,1-2H3. The summed E-state index contributed by atoms with van der Waals surface area (Å²) < 4.78 is 14.1. The third-order valence-corrected chi connectivity index (χ3v) is 18.6. The van der Waals surface area contributed by atoms with Gasteiger partial charge in [0.05, 0.1) is 33.1 Å². The van der Waals surface area contributed by atoms with Gasteiger partial charge in [-0.25, -0.2) is 0 Å². The van der Waals surface area contributed by atoms with Crippen molar-refractivity contribution in [2.75, 3.05) is 0 Å². The summed E-state index contributed by atoms with van der Waals surface area (Å²) in [4.78, 5) is 0. The van der Waals surface area contributed by atoms with E-state index in [1.807, 2.05) is 0 Å². The molecule has 0 bridgehead atoms.